The molecule has 13 heteroatoms. The fraction of sp³-hybridized carbons (Fsp3) is 0.938. The van der Waals surface area contributed by atoms with E-state index in [4.69, 9.17) is 33.2 Å². The maximum atomic E-state index is 13.5. The summed E-state index contributed by atoms with van der Waals surface area (Å²) in [6.45, 7) is 10.1. The SMILES string of the molecule is CO[C@H](CCCCCCCC(=O)[O-])C[C@H]1O[C@H]2[C@H](OCO[C@H]2NC(=O)[C@@H](O)[C@@]2(OC)CC(C)[C@@H](C)[C@@H](C)O2)[C@@H](OC)C1(C)C.[K+]. The molecule has 2 N–H and O–H groups in total. The Balaban J connectivity index is 0.00000705. The minimum atomic E-state index is -1.59. The van der Waals surface area contributed by atoms with E-state index in [1.165, 1.54) is 7.11 Å². The molecule has 3 aliphatic heterocycles. The molecule has 0 spiro atoms. The minimum absolute atomic E-state index is 0. The van der Waals surface area contributed by atoms with Crippen molar-refractivity contribution in [2.45, 2.75) is 147 Å². The largest absolute Gasteiger partial charge is 1.00 e. The molecule has 0 radical (unpaired) electrons. The maximum absolute atomic E-state index is 13.5. The van der Waals surface area contributed by atoms with E-state index in [-0.39, 0.29) is 101 Å². The van der Waals surface area contributed by atoms with Crippen LogP contribution in [0.1, 0.15) is 92.4 Å². The normalized spacial score (nSPS) is 35.8. The first kappa shape index (κ1) is 41.4. The van der Waals surface area contributed by atoms with Crippen LogP contribution in [0, 0.1) is 17.3 Å². The van der Waals surface area contributed by atoms with Crippen LogP contribution in [-0.4, -0.2) is 99.8 Å². The first-order valence-electron chi connectivity index (χ1n) is 16.2. The number of aliphatic hydroxyl groups is 1. The molecule has 1 unspecified atom stereocenters. The van der Waals surface area contributed by atoms with Gasteiger partial charge in [0.05, 0.1) is 24.4 Å². The Morgan fingerprint density at radius 1 is 1.02 bits per heavy atom. The van der Waals surface area contributed by atoms with Gasteiger partial charge >= 0.3 is 51.4 Å². The van der Waals surface area contributed by atoms with E-state index in [0.29, 0.717) is 19.3 Å². The van der Waals surface area contributed by atoms with Crippen LogP contribution in [0.4, 0.5) is 0 Å². The van der Waals surface area contributed by atoms with Gasteiger partial charge in [-0.1, -0.05) is 53.4 Å². The number of unbranched alkanes of at least 4 members (excludes halogenated alkanes) is 4. The summed E-state index contributed by atoms with van der Waals surface area (Å²) in [7, 11) is 4.77. The third kappa shape index (κ3) is 10.4. The quantitative estimate of drug-likeness (QED) is 0.158. The number of methoxy groups -OCH3 is 3. The second-order valence-corrected chi connectivity index (χ2v) is 13.5. The van der Waals surface area contributed by atoms with Gasteiger partial charge in [0.2, 0.25) is 5.79 Å². The fourth-order valence-electron chi connectivity index (χ4n) is 7.00. The molecule has 0 aromatic carbocycles. The van der Waals surface area contributed by atoms with Crippen molar-refractivity contribution >= 4 is 11.9 Å². The number of carbonyl (C=O) groups is 2. The van der Waals surface area contributed by atoms with Gasteiger partial charge in [-0.15, -0.1) is 0 Å². The molecule has 0 aromatic rings. The molecule has 256 valence electrons. The molecule has 0 saturated carbocycles. The Bertz CT molecular complexity index is 912. The van der Waals surface area contributed by atoms with Crippen molar-refractivity contribution in [1.29, 1.82) is 0 Å². The van der Waals surface area contributed by atoms with Crippen LogP contribution >= 0.6 is 0 Å². The summed E-state index contributed by atoms with van der Waals surface area (Å²) in [6.07, 6.45) is 1.58. The number of ether oxygens (including phenoxy) is 7. The van der Waals surface area contributed by atoms with Gasteiger partial charge < -0.3 is 53.5 Å². The molecule has 1 amide bonds. The third-order valence-electron chi connectivity index (χ3n) is 10.2. The zero-order chi connectivity index (χ0) is 32.7. The fourth-order valence-corrected chi connectivity index (χ4v) is 7.00. The molecule has 12 nitrogen and oxygen atoms in total. The topological polar surface area (TPSA) is 154 Å². The molecule has 0 aliphatic carbocycles. The number of hydrogen-bond acceptors (Lipinski definition) is 11. The van der Waals surface area contributed by atoms with Crippen molar-refractivity contribution < 1.29 is 104 Å². The number of aliphatic carboxylic acids is 1. The van der Waals surface area contributed by atoms with Gasteiger partial charge in [0.15, 0.2) is 12.3 Å². The smallest absolute Gasteiger partial charge is 0.550 e. The molecule has 45 heavy (non-hydrogen) atoms. The van der Waals surface area contributed by atoms with E-state index >= 15 is 0 Å². The average Bonchev–Trinajstić information content (AvgIpc) is 2.98. The summed E-state index contributed by atoms with van der Waals surface area (Å²) >= 11 is 0. The molecule has 3 saturated heterocycles. The third-order valence-corrected chi connectivity index (χ3v) is 10.2. The average molecular weight is 670 g/mol. The monoisotopic (exact) mass is 669 g/mol. The molecular weight excluding hydrogens is 613 g/mol. The zero-order valence-corrected chi connectivity index (χ0v) is 32.0. The van der Waals surface area contributed by atoms with Crippen LogP contribution in [0.2, 0.25) is 0 Å². The van der Waals surface area contributed by atoms with Crippen LogP contribution in [0.5, 0.6) is 0 Å². The van der Waals surface area contributed by atoms with Crippen molar-refractivity contribution in [1.82, 2.24) is 5.32 Å². The summed E-state index contributed by atoms with van der Waals surface area (Å²) in [5.41, 5.74) is -0.456. The van der Waals surface area contributed by atoms with E-state index in [2.05, 4.69) is 33.0 Å². The molecule has 0 bridgehead atoms. The molecule has 11 atom stereocenters. The molecule has 3 aliphatic rings. The van der Waals surface area contributed by atoms with Crippen molar-refractivity contribution in [2.24, 2.45) is 17.3 Å². The molecule has 3 heterocycles. The Morgan fingerprint density at radius 3 is 2.29 bits per heavy atom. The van der Waals surface area contributed by atoms with Crippen LogP contribution in [-0.2, 0) is 42.7 Å². The molecule has 3 rings (SSSR count). The van der Waals surface area contributed by atoms with Crippen molar-refractivity contribution in [3.63, 3.8) is 0 Å². The second kappa shape index (κ2) is 18.9. The first-order valence-corrected chi connectivity index (χ1v) is 16.2. The Labute approximate surface area is 311 Å². The van der Waals surface area contributed by atoms with Gasteiger partial charge in [-0.25, -0.2) is 0 Å². The summed E-state index contributed by atoms with van der Waals surface area (Å²) in [5.74, 6) is -2.75. The van der Waals surface area contributed by atoms with Gasteiger partial charge in [-0.2, -0.15) is 0 Å². The maximum Gasteiger partial charge on any atom is 1.00 e. The Kier molecular flexibility index (Phi) is 17.4. The molecule has 3 fully saturated rings. The van der Waals surface area contributed by atoms with Crippen molar-refractivity contribution in [2.75, 3.05) is 28.1 Å². The number of nitrogens with one attached hydrogen (secondary N) is 1. The number of aliphatic hydroxyl groups excluding tert-OH is 1. The number of carboxylic acid groups (broad SMARTS) is 1. The zero-order valence-electron chi connectivity index (χ0n) is 28.9. The number of amides is 1. The predicted octanol–water partition coefficient (Wildman–Crippen LogP) is -0.715. The second-order valence-electron chi connectivity index (χ2n) is 13.5. The summed E-state index contributed by atoms with van der Waals surface area (Å²) in [5, 5.41) is 24.7. The van der Waals surface area contributed by atoms with Gasteiger partial charge in [-0.05, 0) is 38.0 Å². The van der Waals surface area contributed by atoms with Gasteiger partial charge in [0.25, 0.3) is 5.91 Å². The van der Waals surface area contributed by atoms with Crippen LogP contribution < -0.4 is 61.8 Å². The number of hydrogen-bond donors (Lipinski definition) is 2. The summed E-state index contributed by atoms with van der Waals surface area (Å²) in [4.78, 5) is 24.1. The summed E-state index contributed by atoms with van der Waals surface area (Å²) < 4.78 is 42.1. The standard InChI is InChI=1S/C32H57NO11.K/c1-19-17-32(40-8,44-21(3)20(19)2)27(36)29(37)33-30-26-25(41-18-42-30)28(39-7)31(4,5)23(43-26)16-22(38-6)14-12-10-9-11-13-15-24(34)35;/h19-23,25-28,30,36H,9-18H2,1-8H3,(H,33,37)(H,34,35);/q;+1/p-1/t19?,20-,21-,22-,23-,25+,26+,27-,28-,30-,32-;/m1./s1. The van der Waals surface area contributed by atoms with Gasteiger partial charge in [0.1, 0.15) is 19.0 Å². The van der Waals surface area contributed by atoms with Crippen LogP contribution in [0.25, 0.3) is 0 Å². The number of fused-ring (bicyclic) bond motifs is 1. The van der Waals surface area contributed by atoms with E-state index < -0.39 is 47.6 Å². The van der Waals surface area contributed by atoms with E-state index in [1.807, 2.05) is 6.92 Å². The van der Waals surface area contributed by atoms with Gasteiger partial charge in [0, 0.05) is 45.6 Å². The number of carbonyl (C=O) groups excluding carboxylic acids is 2. The molecule has 0 aromatic heterocycles. The van der Waals surface area contributed by atoms with Crippen molar-refractivity contribution in [3.05, 3.63) is 0 Å². The van der Waals surface area contributed by atoms with Crippen molar-refractivity contribution in [3.8, 4) is 0 Å². The first-order chi connectivity index (χ1) is 20.8. The van der Waals surface area contributed by atoms with Crippen LogP contribution in [0.3, 0.4) is 0 Å². The number of carboxylic acids is 1. The van der Waals surface area contributed by atoms with Gasteiger partial charge in [-0.3, -0.25) is 4.79 Å². The van der Waals surface area contributed by atoms with E-state index in [0.717, 1.165) is 32.1 Å². The van der Waals surface area contributed by atoms with Crippen LogP contribution in [0.15, 0.2) is 0 Å². The summed E-state index contributed by atoms with van der Waals surface area (Å²) in [6, 6.07) is 0. The minimum Gasteiger partial charge on any atom is -0.550 e. The predicted molar refractivity (Wildman–Crippen MR) is 158 cm³/mol. The van der Waals surface area contributed by atoms with E-state index in [1.54, 1.807) is 14.2 Å². The Hall–Kier alpha value is 0.256. The molecular formula is C32H56KNO11. The van der Waals surface area contributed by atoms with E-state index in [9.17, 15) is 19.8 Å². The Morgan fingerprint density at radius 2 is 1.69 bits per heavy atom. The number of rotatable bonds is 16.